The van der Waals surface area contributed by atoms with Gasteiger partial charge in [0.05, 0.1) is 20.0 Å². The van der Waals surface area contributed by atoms with Crippen LogP contribution in [0.25, 0.3) is 0 Å². The molecular formula is C21H22O7. The Morgan fingerprint density at radius 3 is 1.79 bits per heavy atom. The molecule has 1 atom stereocenters. The fourth-order valence-electron chi connectivity index (χ4n) is 2.33. The monoisotopic (exact) mass is 386 g/mol. The highest BCUT2D eigenvalue weighted by Crippen LogP contribution is 2.06. The Hall–Kier alpha value is -3.35. The summed E-state index contributed by atoms with van der Waals surface area (Å²) in [6.07, 6.45) is -1.72. The molecule has 2 rings (SSSR count). The topological polar surface area (TPSA) is 88.1 Å². The molecule has 0 spiro atoms. The average molecular weight is 386 g/mol. The molecular weight excluding hydrogens is 364 g/mol. The molecule has 0 saturated heterocycles. The minimum atomic E-state index is -0.935. The van der Waals surface area contributed by atoms with E-state index in [2.05, 4.69) is 4.74 Å². The number of esters is 2. The maximum absolute atomic E-state index is 12.1. The zero-order chi connectivity index (χ0) is 20.2. The molecule has 7 heteroatoms. The molecule has 0 fully saturated rings. The van der Waals surface area contributed by atoms with Gasteiger partial charge in [-0.25, -0.2) is 4.79 Å². The van der Waals surface area contributed by atoms with Crippen molar-refractivity contribution in [3.63, 3.8) is 0 Å². The van der Waals surface area contributed by atoms with Gasteiger partial charge in [0.2, 0.25) is 0 Å². The first-order valence-electron chi connectivity index (χ1n) is 8.70. The predicted molar refractivity (Wildman–Crippen MR) is 99.5 cm³/mol. The first-order chi connectivity index (χ1) is 13.6. The van der Waals surface area contributed by atoms with Gasteiger partial charge < -0.3 is 18.9 Å². The van der Waals surface area contributed by atoms with Crippen LogP contribution in [-0.2, 0) is 41.4 Å². The van der Waals surface area contributed by atoms with Crippen molar-refractivity contribution in [1.29, 1.82) is 0 Å². The van der Waals surface area contributed by atoms with E-state index in [1.165, 1.54) is 7.11 Å². The lowest BCUT2D eigenvalue weighted by atomic mass is 10.1. The Bertz CT molecular complexity index is 759. The van der Waals surface area contributed by atoms with E-state index in [4.69, 9.17) is 14.2 Å². The van der Waals surface area contributed by atoms with Crippen LogP contribution in [0.3, 0.4) is 0 Å². The summed E-state index contributed by atoms with van der Waals surface area (Å²) in [5.74, 6) is -1.00. The van der Waals surface area contributed by atoms with Crippen LogP contribution < -0.4 is 0 Å². The zero-order valence-corrected chi connectivity index (χ0v) is 15.5. The maximum Gasteiger partial charge on any atom is 0.508 e. The van der Waals surface area contributed by atoms with Crippen LogP contribution in [0.15, 0.2) is 60.7 Å². The summed E-state index contributed by atoms with van der Waals surface area (Å²) in [4.78, 5) is 35.3. The Labute approximate surface area is 163 Å². The normalized spacial score (nSPS) is 11.2. The lowest BCUT2D eigenvalue weighted by molar-refractivity contribution is -0.161. The van der Waals surface area contributed by atoms with Crippen molar-refractivity contribution in [1.82, 2.24) is 0 Å². The second kappa shape index (κ2) is 11.4. The summed E-state index contributed by atoms with van der Waals surface area (Å²) in [7, 11) is 1.17. The molecule has 2 aromatic rings. The lowest BCUT2D eigenvalue weighted by Gasteiger charge is -2.18. The molecule has 0 radical (unpaired) electrons. The summed E-state index contributed by atoms with van der Waals surface area (Å²) < 4.78 is 19.7. The van der Waals surface area contributed by atoms with Crippen LogP contribution in [0.1, 0.15) is 11.1 Å². The van der Waals surface area contributed by atoms with Crippen LogP contribution in [0, 0.1) is 0 Å². The number of hydrogen-bond donors (Lipinski definition) is 0. The third kappa shape index (κ3) is 7.90. The van der Waals surface area contributed by atoms with Crippen molar-refractivity contribution >= 4 is 18.1 Å². The van der Waals surface area contributed by atoms with Crippen molar-refractivity contribution < 1.29 is 33.3 Å². The van der Waals surface area contributed by atoms with Gasteiger partial charge in [0.15, 0.2) is 6.10 Å². The highest BCUT2D eigenvalue weighted by atomic mass is 16.7. The fourth-order valence-corrected chi connectivity index (χ4v) is 2.33. The van der Waals surface area contributed by atoms with E-state index in [9.17, 15) is 14.4 Å². The quantitative estimate of drug-likeness (QED) is 0.484. The van der Waals surface area contributed by atoms with Crippen LogP contribution >= 0.6 is 0 Å². The highest BCUT2D eigenvalue weighted by Gasteiger charge is 2.20. The molecule has 0 aliphatic carbocycles. The molecule has 2 aromatic carbocycles. The molecule has 0 saturated carbocycles. The number of methoxy groups -OCH3 is 1. The lowest BCUT2D eigenvalue weighted by Crippen LogP contribution is -2.31. The smallest absolute Gasteiger partial charge is 0.461 e. The van der Waals surface area contributed by atoms with Crippen molar-refractivity contribution in [2.45, 2.75) is 18.9 Å². The molecule has 0 amide bonds. The minimum absolute atomic E-state index is 0.0491. The van der Waals surface area contributed by atoms with Gasteiger partial charge >= 0.3 is 18.1 Å². The van der Waals surface area contributed by atoms with Gasteiger partial charge in [-0.3, -0.25) is 9.59 Å². The first-order valence-corrected chi connectivity index (χ1v) is 8.70. The van der Waals surface area contributed by atoms with E-state index in [1.54, 1.807) is 24.3 Å². The van der Waals surface area contributed by atoms with Crippen molar-refractivity contribution in [3.05, 3.63) is 71.8 Å². The largest absolute Gasteiger partial charge is 0.508 e. The standard InChI is InChI=1S/C21H22O7/c1-25-21(24)27-15-18(28-20(23)13-17-10-6-3-7-11-17)14-26-19(22)12-16-8-4-2-5-9-16/h2-11,18H,12-15H2,1H3. The van der Waals surface area contributed by atoms with Crippen LogP contribution in [-0.4, -0.2) is 44.5 Å². The van der Waals surface area contributed by atoms with E-state index in [1.807, 2.05) is 36.4 Å². The van der Waals surface area contributed by atoms with Gasteiger partial charge in [0.25, 0.3) is 0 Å². The summed E-state index contributed by atoms with van der Waals surface area (Å²) >= 11 is 0. The van der Waals surface area contributed by atoms with Gasteiger partial charge in [0.1, 0.15) is 13.2 Å². The molecule has 0 aromatic heterocycles. The van der Waals surface area contributed by atoms with E-state index in [0.717, 1.165) is 11.1 Å². The number of rotatable bonds is 9. The molecule has 28 heavy (non-hydrogen) atoms. The highest BCUT2D eigenvalue weighted by molar-refractivity contribution is 5.73. The number of carbonyl (C=O) groups excluding carboxylic acids is 3. The van der Waals surface area contributed by atoms with E-state index in [0.29, 0.717) is 0 Å². The molecule has 0 bridgehead atoms. The molecule has 0 aliphatic rings. The second-order valence-electron chi connectivity index (χ2n) is 5.88. The summed E-state index contributed by atoms with van der Waals surface area (Å²) in [5, 5.41) is 0. The molecule has 0 aliphatic heterocycles. The van der Waals surface area contributed by atoms with Gasteiger partial charge in [-0.2, -0.15) is 0 Å². The van der Waals surface area contributed by atoms with E-state index >= 15 is 0 Å². The third-order valence-corrected chi connectivity index (χ3v) is 3.66. The predicted octanol–water partition coefficient (Wildman–Crippen LogP) is 2.71. The minimum Gasteiger partial charge on any atom is -0.461 e. The van der Waals surface area contributed by atoms with Crippen molar-refractivity contribution in [3.8, 4) is 0 Å². The first kappa shape index (κ1) is 21.0. The molecule has 0 N–H and O–H groups in total. The van der Waals surface area contributed by atoms with Gasteiger partial charge in [-0.15, -0.1) is 0 Å². The summed E-state index contributed by atoms with van der Waals surface area (Å²) in [5.41, 5.74) is 1.58. The van der Waals surface area contributed by atoms with Crippen molar-refractivity contribution in [2.24, 2.45) is 0 Å². The number of benzene rings is 2. The number of ether oxygens (including phenoxy) is 4. The third-order valence-electron chi connectivity index (χ3n) is 3.66. The van der Waals surface area contributed by atoms with E-state index < -0.39 is 24.2 Å². The van der Waals surface area contributed by atoms with Gasteiger partial charge in [0, 0.05) is 0 Å². The summed E-state index contributed by atoms with van der Waals surface area (Å²) in [6, 6.07) is 18.1. The Balaban J connectivity index is 1.87. The average Bonchev–Trinajstić information content (AvgIpc) is 2.71. The molecule has 0 heterocycles. The SMILES string of the molecule is COC(=O)OCC(COC(=O)Cc1ccccc1)OC(=O)Cc1ccccc1. The van der Waals surface area contributed by atoms with Gasteiger partial charge in [-0.05, 0) is 11.1 Å². The molecule has 1 unspecified atom stereocenters. The van der Waals surface area contributed by atoms with Crippen LogP contribution in [0.2, 0.25) is 0 Å². The number of carbonyl (C=O) groups is 3. The Kier molecular flexibility index (Phi) is 8.52. The van der Waals surface area contributed by atoms with E-state index in [-0.39, 0.29) is 26.1 Å². The zero-order valence-electron chi connectivity index (χ0n) is 15.5. The fraction of sp³-hybridized carbons (Fsp3) is 0.286. The van der Waals surface area contributed by atoms with Gasteiger partial charge in [-0.1, -0.05) is 60.7 Å². The Morgan fingerprint density at radius 1 is 0.750 bits per heavy atom. The van der Waals surface area contributed by atoms with Crippen LogP contribution in [0.4, 0.5) is 4.79 Å². The van der Waals surface area contributed by atoms with Crippen LogP contribution in [0.5, 0.6) is 0 Å². The number of hydrogen-bond acceptors (Lipinski definition) is 7. The maximum atomic E-state index is 12.1. The Morgan fingerprint density at radius 2 is 1.25 bits per heavy atom. The molecule has 7 nitrogen and oxygen atoms in total. The second-order valence-corrected chi connectivity index (χ2v) is 5.88. The summed E-state index contributed by atoms with van der Waals surface area (Å²) in [6.45, 7) is -0.519. The molecule has 148 valence electrons. The van der Waals surface area contributed by atoms with Crippen molar-refractivity contribution in [2.75, 3.05) is 20.3 Å².